The summed E-state index contributed by atoms with van der Waals surface area (Å²) in [6, 6.07) is 6.63. The van der Waals surface area contributed by atoms with E-state index in [0.717, 1.165) is 23.6 Å². The van der Waals surface area contributed by atoms with Crippen LogP contribution in [0.5, 0.6) is 5.75 Å². The van der Waals surface area contributed by atoms with E-state index in [1.165, 1.54) is 5.56 Å². The number of hydrogen-bond acceptors (Lipinski definition) is 3. The van der Waals surface area contributed by atoms with E-state index < -0.39 is 0 Å². The van der Waals surface area contributed by atoms with E-state index in [2.05, 4.69) is 53.8 Å². The van der Waals surface area contributed by atoms with E-state index >= 15 is 0 Å². The number of hydrogen-bond donors (Lipinski definition) is 1. The number of imidazole rings is 1. The third-order valence-electron chi connectivity index (χ3n) is 3.33. The van der Waals surface area contributed by atoms with Crippen LogP contribution < -0.4 is 10.1 Å². The number of nitrogens with one attached hydrogen (secondary N) is 1. The molecule has 0 saturated heterocycles. The van der Waals surface area contributed by atoms with Gasteiger partial charge in [-0.25, -0.2) is 4.98 Å². The van der Waals surface area contributed by atoms with Gasteiger partial charge in [0.1, 0.15) is 12.4 Å². The van der Waals surface area contributed by atoms with Crippen LogP contribution in [-0.4, -0.2) is 16.6 Å². The highest BCUT2D eigenvalue weighted by molar-refractivity contribution is 5.40. The minimum Gasteiger partial charge on any atom is -0.487 e. The molecule has 1 aromatic carbocycles. The highest BCUT2D eigenvalue weighted by Crippen LogP contribution is 2.24. The summed E-state index contributed by atoms with van der Waals surface area (Å²) >= 11 is 0. The summed E-state index contributed by atoms with van der Waals surface area (Å²) in [7, 11) is 1.94. The van der Waals surface area contributed by atoms with Crippen molar-refractivity contribution in [2.24, 2.45) is 0 Å². The lowest BCUT2D eigenvalue weighted by molar-refractivity contribution is 0.286. The Hall–Kier alpha value is -1.81. The van der Waals surface area contributed by atoms with E-state index in [-0.39, 0.29) is 0 Å². The van der Waals surface area contributed by atoms with Gasteiger partial charge in [-0.1, -0.05) is 18.2 Å². The van der Waals surface area contributed by atoms with Crippen LogP contribution in [0.3, 0.4) is 0 Å². The van der Waals surface area contributed by atoms with Crippen LogP contribution in [0.25, 0.3) is 0 Å². The summed E-state index contributed by atoms with van der Waals surface area (Å²) in [6.07, 6.45) is 3.73. The molecule has 2 aromatic rings. The summed E-state index contributed by atoms with van der Waals surface area (Å²) < 4.78 is 8.19. The van der Waals surface area contributed by atoms with Gasteiger partial charge in [-0.3, -0.25) is 0 Å². The van der Waals surface area contributed by atoms with Crippen molar-refractivity contribution in [3.05, 3.63) is 47.5 Å². The molecule has 0 bridgehead atoms. The van der Waals surface area contributed by atoms with Gasteiger partial charge >= 0.3 is 0 Å². The van der Waals surface area contributed by atoms with Gasteiger partial charge < -0.3 is 14.6 Å². The first-order valence-electron chi connectivity index (χ1n) is 7.00. The van der Waals surface area contributed by atoms with Crippen LogP contribution >= 0.6 is 0 Å². The predicted molar refractivity (Wildman–Crippen MR) is 80.9 cm³/mol. The van der Waals surface area contributed by atoms with Crippen molar-refractivity contribution >= 4 is 0 Å². The van der Waals surface area contributed by atoms with E-state index in [0.29, 0.717) is 12.6 Å². The first-order valence-corrected chi connectivity index (χ1v) is 7.00. The highest BCUT2D eigenvalue weighted by atomic mass is 16.5. The normalized spacial score (nSPS) is 11.1. The topological polar surface area (TPSA) is 39.1 Å². The molecule has 0 amide bonds. The molecule has 1 heterocycles. The van der Waals surface area contributed by atoms with Crippen LogP contribution in [0.2, 0.25) is 0 Å². The Morgan fingerprint density at radius 3 is 2.85 bits per heavy atom. The average molecular weight is 273 g/mol. The van der Waals surface area contributed by atoms with Crippen molar-refractivity contribution in [2.45, 2.75) is 40.0 Å². The fourth-order valence-corrected chi connectivity index (χ4v) is 2.30. The zero-order valence-electron chi connectivity index (χ0n) is 12.7. The van der Waals surface area contributed by atoms with Gasteiger partial charge in [0, 0.05) is 18.2 Å². The second-order valence-electron chi connectivity index (χ2n) is 5.27. The molecule has 0 fully saturated rings. The molecule has 0 radical (unpaired) electrons. The first-order chi connectivity index (χ1) is 9.63. The number of rotatable bonds is 6. The molecule has 0 aliphatic carbocycles. The summed E-state index contributed by atoms with van der Waals surface area (Å²) in [5, 5.41) is 3.18. The molecule has 0 aliphatic rings. The Morgan fingerprint density at radius 1 is 1.35 bits per heavy atom. The quantitative estimate of drug-likeness (QED) is 0.879. The Balaban J connectivity index is 2.16. The van der Waals surface area contributed by atoms with Crippen LogP contribution in [0.4, 0.5) is 0 Å². The van der Waals surface area contributed by atoms with E-state index in [4.69, 9.17) is 4.74 Å². The lowest BCUT2D eigenvalue weighted by atomic mass is 10.1. The molecular formula is C16H23N3O. The lowest BCUT2D eigenvalue weighted by Crippen LogP contribution is -2.11. The Bertz CT molecular complexity index is 561. The van der Waals surface area contributed by atoms with Gasteiger partial charge in [-0.15, -0.1) is 0 Å². The molecule has 1 N–H and O–H groups in total. The van der Waals surface area contributed by atoms with Crippen LogP contribution in [0.1, 0.15) is 36.7 Å². The molecule has 108 valence electrons. The van der Waals surface area contributed by atoms with Gasteiger partial charge in [-0.2, -0.15) is 0 Å². The zero-order chi connectivity index (χ0) is 14.5. The number of para-hydroxylation sites is 1. The van der Waals surface area contributed by atoms with Gasteiger partial charge in [0.05, 0.1) is 18.2 Å². The van der Waals surface area contributed by atoms with Crippen molar-refractivity contribution in [3.63, 3.8) is 0 Å². The predicted octanol–water partition coefficient (Wildman–Crippen LogP) is 3.07. The van der Waals surface area contributed by atoms with Crippen molar-refractivity contribution in [1.82, 2.24) is 14.9 Å². The second kappa shape index (κ2) is 6.57. The molecule has 2 rings (SSSR count). The van der Waals surface area contributed by atoms with Crippen LogP contribution in [0.15, 0.2) is 30.7 Å². The van der Waals surface area contributed by atoms with Gasteiger partial charge in [0.25, 0.3) is 0 Å². The highest BCUT2D eigenvalue weighted by Gasteiger charge is 2.10. The number of aromatic nitrogens is 2. The molecule has 0 aliphatic heterocycles. The first kappa shape index (κ1) is 14.6. The summed E-state index contributed by atoms with van der Waals surface area (Å²) in [4.78, 5) is 4.21. The minimum absolute atomic E-state index is 0.393. The van der Waals surface area contributed by atoms with E-state index in [9.17, 15) is 0 Å². The van der Waals surface area contributed by atoms with E-state index in [1.807, 2.05) is 19.6 Å². The monoisotopic (exact) mass is 273 g/mol. The zero-order valence-corrected chi connectivity index (χ0v) is 12.7. The standard InChI is InChI=1S/C16H23N3O/c1-12(2)19-11-18-9-15(19)10-20-16-13(3)6-5-7-14(16)8-17-4/h5-7,9,11-12,17H,8,10H2,1-4H3. The summed E-state index contributed by atoms with van der Waals surface area (Å²) in [6.45, 7) is 7.71. The molecule has 0 atom stereocenters. The molecule has 20 heavy (non-hydrogen) atoms. The third-order valence-corrected chi connectivity index (χ3v) is 3.33. The van der Waals surface area contributed by atoms with Gasteiger partial charge in [0.15, 0.2) is 0 Å². The SMILES string of the molecule is CNCc1cccc(C)c1OCc1cncn1C(C)C. The fraction of sp³-hybridized carbons (Fsp3) is 0.438. The molecule has 0 spiro atoms. The molecule has 4 nitrogen and oxygen atoms in total. The lowest BCUT2D eigenvalue weighted by Gasteiger charge is -2.16. The van der Waals surface area contributed by atoms with Crippen molar-refractivity contribution < 1.29 is 4.74 Å². The Morgan fingerprint density at radius 2 is 2.15 bits per heavy atom. The Kier molecular flexibility index (Phi) is 4.79. The Labute approximate surface area is 120 Å². The number of benzene rings is 1. The van der Waals surface area contributed by atoms with Crippen LogP contribution in [0, 0.1) is 6.92 Å². The molecule has 4 heteroatoms. The molecule has 1 aromatic heterocycles. The molecule has 0 unspecified atom stereocenters. The fourth-order valence-electron chi connectivity index (χ4n) is 2.30. The average Bonchev–Trinajstić information content (AvgIpc) is 2.87. The summed E-state index contributed by atoms with van der Waals surface area (Å²) in [5.41, 5.74) is 3.44. The maximum absolute atomic E-state index is 6.05. The van der Waals surface area contributed by atoms with Crippen molar-refractivity contribution in [2.75, 3.05) is 7.05 Å². The molecular weight excluding hydrogens is 250 g/mol. The maximum Gasteiger partial charge on any atom is 0.130 e. The number of nitrogens with zero attached hydrogens (tertiary/aromatic N) is 2. The molecule has 0 saturated carbocycles. The van der Waals surface area contributed by atoms with E-state index in [1.54, 1.807) is 0 Å². The maximum atomic E-state index is 6.05. The van der Waals surface area contributed by atoms with Crippen LogP contribution in [-0.2, 0) is 13.2 Å². The number of aryl methyl sites for hydroxylation is 1. The van der Waals surface area contributed by atoms with Gasteiger partial charge in [-0.05, 0) is 33.4 Å². The number of ether oxygens (including phenoxy) is 1. The van der Waals surface area contributed by atoms with Crippen molar-refractivity contribution in [3.8, 4) is 5.75 Å². The largest absolute Gasteiger partial charge is 0.487 e. The summed E-state index contributed by atoms with van der Waals surface area (Å²) in [5.74, 6) is 0.971. The minimum atomic E-state index is 0.393. The third kappa shape index (κ3) is 3.20. The van der Waals surface area contributed by atoms with Crippen molar-refractivity contribution in [1.29, 1.82) is 0 Å². The smallest absolute Gasteiger partial charge is 0.130 e. The van der Waals surface area contributed by atoms with Gasteiger partial charge in [0.2, 0.25) is 0 Å². The second-order valence-corrected chi connectivity index (χ2v) is 5.27.